The van der Waals surface area contributed by atoms with Gasteiger partial charge in [-0.05, 0) is 99.9 Å². The van der Waals surface area contributed by atoms with Gasteiger partial charge in [-0.3, -0.25) is 24.4 Å². The Kier molecular flexibility index (Phi) is 29.4. The van der Waals surface area contributed by atoms with Crippen molar-refractivity contribution in [3.63, 3.8) is 0 Å². The minimum atomic E-state index is 0. The number of piperidine rings is 1. The number of hydrogen-bond acceptors (Lipinski definition) is 8. The summed E-state index contributed by atoms with van der Waals surface area (Å²) in [6.45, 7) is 27.9. The minimum absolute atomic E-state index is 0. The number of rotatable bonds is 18. The molecule has 0 bridgehead atoms. The molecular formula is C39H66Cl5N5O3. The molecule has 0 radical (unpaired) electrons. The number of Topliss-reactive ketones (excluding diaryl/α,β-unsaturated/α-hetero) is 1. The molecule has 13 heteroatoms. The summed E-state index contributed by atoms with van der Waals surface area (Å²) in [4.78, 5) is 23.2. The topological polar surface area (TPSA) is 82.5 Å². The molecule has 2 aromatic rings. The number of halogens is 5. The molecule has 1 heterocycles. The molecule has 1 saturated heterocycles. The summed E-state index contributed by atoms with van der Waals surface area (Å²) in [5.41, 5.74) is 6.86. The molecule has 1 fully saturated rings. The van der Waals surface area contributed by atoms with Crippen molar-refractivity contribution in [2.75, 3.05) is 65.4 Å². The summed E-state index contributed by atoms with van der Waals surface area (Å²) in [6.07, 6.45) is 3.99. The number of aromatic hydroxyl groups is 2. The lowest BCUT2D eigenvalue weighted by Gasteiger charge is -2.24. The van der Waals surface area contributed by atoms with Gasteiger partial charge >= 0.3 is 0 Å². The van der Waals surface area contributed by atoms with Crippen molar-refractivity contribution in [3.05, 3.63) is 68.8 Å². The van der Waals surface area contributed by atoms with Crippen LogP contribution in [-0.4, -0.2) is 101 Å². The summed E-state index contributed by atoms with van der Waals surface area (Å²) < 4.78 is 0. The first-order chi connectivity index (χ1) is 22.6. The summed E-state index contributed by atoms with van der Waals surface area (Å²) in [7, 11) is 0. The van der Waals surface area contributed by atoms with E-state index in [4.69, 9.17) is 0 Å². The molecule has 1 aliphatic rings. The molecule has 0 aliphatic carbocycles. The number of nitrogens with zero attached hydrogens (tertiary/aromatic N) is 4. The molecule has 300 valence electrons. The van der Waals surface area contributed by atoms with Gasteiger partial charge < -0.3 is 15.5 Å². The highest BCUT2D eigenvalue weighted by atomic mass is 35.5. The van der Waals surface area contributed by atoms with E-state index in [-0.39, 0.29) is 67.8 Å². The van der Waals surface area contributed by atoms with Gasteiger partial charge in [-0.2, -0.15) is 0 Å². The van der Waals surface area contributed by atoms with E-state index < -0.39 is 0 Å². The Hall–Kier alpha value is -1.56. The van der Waals surface area contributed by atoms with Crippen molar-refractivity contribution < 1.29 is 15.0 Å². The van der Waals surface area contributed by atoms with E-state index in [2.05, 4.69) is 80.3 Å². The monoisotopic (exact) mass is 827 g/mol. The number of carbonyl (C=O) groups is 1. The van der Waals surface area contributed by atoms with Crippen molar-refractivity contribution in [2.24, 2.45) is 0 Å². The van der Waals surface area contributed by atoms with Crippen LogP contribution in [0.15, 0.2) is 35.4 Å². The number of phenolic OH excluding ortho intramolecular Hbond substituents is 2. The predicted octanol–water partition coefficient (Wildman–Crippen LogP) is 8.21. The van der Waals surface area contributed by atoms with Gasteiger partial charge in [-0.1, -0.05) is 55.4 Å². The van der Waals surface area contributed by atoms with Gasteiger partial charge in [0.1, 0.15) is 11.5 Å². The third-order valence-corrected chi connectivity index (χ3v) is 9.63. The van der Waals surface area contributed by atoms with Crippen LogP contribution in [-0.2, 0) is 31.0 Å². The maximum atomic E-state index is 14.0. The van der Waals surface area contributed by atoms with Gasteiger partial charge in [0.2, 0.25) is 0 Å². The van der Waals surface area contributed by atoms with Gasteiger partial charge in [0.05, 0.1) is 0 Å². The summed E-state index contributed by atoms with van der Waals surface area (Å²) in [6, 6.07) is 8.15. The first-order valence-corrected chi connectivity index (χ1v) is 17.9. The fourth-order valence-electron chi connectivity index (χ4n) is 6.31. The second kappa shape index (κ2) is 27.9. The van der Waals surface area contributed by atoms with Crippen LogP contribution in [0.4, 0.5) is 0 Å². The number of phenols is 2. The molecule has 0 atom stereocenters. The maximum absolute atomic E-state index is 14.0. The number of benzene rings is 2. The lowest BCUT2D eigenvalue weighted by molar-refractivity contribution is -0.112. The fourth-order valence-corrected chi connectivity index (χ4v) is 6.31. The third kappa shape index (κ3) is 15.3. The first-order valence-electron chi connectivity index (χ1n) is 17.9. The molecule has 0 spiro atoms. The SMILES string of the molecule is CCN(CC)Cc1cc(C=C2CNCC(=Cc3cc(CN(CC)CC)c(O)c(CN(CC)CC)c3)C2=O)cc(CN(CC)CC)c1O.Cl.Cl.Cl.Cl.Cl. The second-order valence-electron chi connectivity index (χ2n) is 12.5. The van der Waals surface area contributed by atoms with Crippen LogP contribution in [0.3, 0.4) is 0 Å². The highest BCUT2D eigenvalue weighted by molar-refractivity contribution is 6.14. The molecule has 2 aromatic carbocycles. The Bertz CT molecular complexity index is 1220. The smallest absolute Gasteiger partial charge is 0.187 e. The predicted molar refractivity (Wildman–Crippen MR) is 233 cm³/mol. The largest absolute Gasteiger partial charge is 0.507 e. The van der Waals surface area contributed by atoms with Crippen LogP contribution in [0, 0.1) is 0 Å². The molecule has 0 unspecified atom stereocenters. The molecule has 3 N–H and O–H groups in total. The van der Waals surface area contributed by atoms with Crippen molar-refractivity contribution >= 4 is 80.0 Å². The van der Waals surface area contributed by atoms with Crippen LogP contribution in [0.1, 0.15) is 88.8 Å². The fraction of sp³-hybridized carbons (Fsp3) is 0.564. The highest BCUT2D eigenvalue weighted by Crippen LogP contribution is 2.31. The van der Waals surface area contributed by atoms with Crippen LogP contribution in [0.2, 0.25) is 0 Å². The molecular weight excluding hydrogens is 764 g/mol. The van der Waals surface area contributed by atoms with E-state index in [0.717, 1.165) is 85.7 Å². The Balaban J connectivity index is -0.00000480. The van der Waals surface area contributed by atoms with Gasteiger partial charge in [0.25, 0.3) is 0 Å². The molecule has 3 rings (SSSR count). The molecule has 8 nitrogen and oxygen atoms in total. The molecule has 0 aromatic heterocycles. The van der Waals surface area contributed by atoms with Crippen molar-refractivity contribution in [1.29, 1.82) is 0 Å². The number of carbonyl (C=O) groups excluding carboxylic acids is 1. The minimum Gasteiger partial charge on any atom is -0.507 e. The van der Waals surface area contributed by atoms with Crippen LogP contribution in [0.5, 0.6) is 11.5 Å². The Labute approximate surface area is 345 Å². The standard InChI is InChI=1S/C39H61N5O3.5ClH/c1-9-41(10-2)25-33-19-29(20-34(38(33)46)26-42(11-3)12-4)17-31-23-40-24-32(37(31)45)18-30-21-35(27-43(13-5)14-6)39(47)36(22-30)28-44(15-7)16-8;;;;;/h17-22,40,46-47H,9-16,23-28H2,1-8H3;5*1H. The van der Waals surface area contributed by atoms with E-state index in [9.17, 15) is 15.0 Å². The van der Waals surface area contributed by atoms with E-state index in [1.165, 1.54) is 0 Å². The molecule has 0 amide bonds. The van der Waals surface area contributed by atoms with Crippen molar-refractivity contribution in [2.45, 2.75) is 81.6 Å². The number of nitrogens with one attached hydrogen (secondary N) is 1. The van der Waals surface area contributed by atoms with Crippen LogP contribution >= 0.6 is 62.0 Å². The zero-order chi connectivity index (χ0) is 34.5. The average Bonchev–Trinajstić information content (AvgIpc) is 3.08. The van der Waals surface area contributed by atoms with E-state index in [1.807, 2.05) is 36.4 Å². The van der Waals surface area contributed by atoms with Crippen LogP contribution in [0.25, 0.3) is 12.2 Å². The summed E-state index contributed by atoms with van der Waals surface area (Å²) in [5, 5.41) is 26.1. The second-order valence-corrected chi connectivity index (χ2v) is 12.5. The van der Waals surface area contributed by atoms with Gasteiger partial charge in [0, 0.05) is 72.7 Å². The van der Waals surface area contributed by atoms with Gasteiger partial charge in [-0.15, -0.1) is 62.0 Å². The van der Waals surface area contributed by atoms with Gasteiger partial charge in [-0.25, -0.2) is 0 Å². The van der Waals surface area contributed by atoms with Crippen LogP contribution < -0.4 is 5.32 Å². The highest BCUT2D eigenvalue weighted by Gasteiger charge is 2.22. The normalized spacial score (nSPS) is 14.3. The Morgan fingerprint density at radius 2 is 0.731 bits per heavy atom. The molecule has 1 aliphatic heterocycles. The van der Waals surface area contributed by atoms with E-state index in [1.54, 1.807) is 0 Å². The lowest BCUT2D eigenvalue weighted by Crippen LogP contribution is -2.32. The average molecular weight is 830 g/mol. The zero-order valence-corrected chi connectivity index (χ0v) is 36.6. The molecule has 52 heavy (non-hydrogen) atoms. The third-order valence-electron chi connectivity index (χ3n) is 9.63. The molecule has 0 saturated carbocycles. The van der Waals surface area contributed by atoms with Gasteiger partial charge in [0.15, 0.2) is 5.78 Å². The maximum Gasteiger partial charge on any atom is 0.187 e. The number of hydrogen-bond donors (Lipinski definition) is 3. The van der Waals surface area contributed by atoms with Crippen molar-refractivity contribution in [3.8, 4) is 11.5 Å². The summed E-state index contributed by atoms with van der Waals surface area (Å²) in [5.74, 6) is 0.747. The first kappa shape index (κ1) is 54.8. The van der Waals surface area contributed by atoms with E-state index in [0.29, 0.717) is 61.9 Å². The quantitative estimate of drug-likeness (QED) is 0.130. The van der Waals surface area contributed by atoms with E-state index >= 15 is 0 Å². The number of ketones is 1. The van der Waals surface area contributed by atoms with Crippen molar-refractivity contribution in [1.82, 2.24) is 24.9 Å². The lowest BCUT2D eigenvalue weighted by atomic mass is 9.93. The Morgan fingerprint density at radius 3 is 0.942 bits per heavy atom. The zero-order valence-electron chi connectivity index (χ0n) is 32.5. The summed E-state index contributed by atoms with van der Waals surface area (Å²) >= 11 is 0. The Morgan fingerprint density at radius 1 is 0.500 bits per heavy atom.